The fourth-order valence-electron chi connectivity index (χ4n) is 2.69. The lowest BCUT2D eigenvalue weighted by atomic mass is 10.2. The number of rotatable bonds is 9. The maximum Gasteiger partial charge on any atom is 0.227 e. The number of nitrogens with one attached hydrogen (secondary N) is 2. The van der Waals surface area contributed by atoms with Crippen molar-refractivity contribution in [3.05, 3.63) is 60.0 Å². The van der Waals surface area contributed by atoms with E-state index in [1.54, 1.807) is 7.11 Å². The van der Waals surface area contributed by atoms with Crippen LogP contribution in [-0.4, -0.2) is 29.7 Å². The molecule has 146 valence electrons. The van der Waals surface area contributed by atoms with Gasteiger partial charge in [-0.2, -0.15) is 4.98 Å². The van der Waals surface area contributed by atoms with Gasteiger partial charge in [-0.1, -0.05) is 24.2 Å². The Morgan fingerprint density at radius 1 is 1.18 bits per heavy atom. The Kier molecular flexibility index (Phi) is 6.75. The Morgan fingerprint density at radius 2 is 2.00 bits per heavy atom. The average molecular weight is 380 g/mol. The minimum absolute atomic E-state index is 0.0928. The van der Waals surface area contributed by atoms with Crippen molar-refractivity contribution < 1.29 is 14.1 Å². The number of hydrogen-bond acceptors (Lipinski definition) is 6. The van der Waals surface area contributed by atoms with Crippen molar-refractivity contribution in [1.29, 1.82) is 0 Å². The fraction of sp³-hybridized carbons (Fsp3) is 0.286. The van der Waals surface area contributed by atoms with Crippen molar-refractivity contribution in [2.45, 2.75) is 26.3 Å². The lowest BCUT2D eigenvalue weighted by molar-refractivity contribution is -0.116. The number of nitrogens with zero attached hydrogens (tertiary/aromatic N) is 2. The quantitative estimate of drug-likeness (QED) is 0.591. The normalized spacial score (nSPS) is 10.6. The van der Waals surface area contributed by atoms with Gasteiger partial charge in [0, 0.05) is 30.6 Å². The SMILES string of the molecule is CCNCc1cccc(NC(=O)CCc2nc(-c3ccc(OC)cc3)no2)c1. The third kappa shape index (κ3) is 5.40. The molecule has 0 fully saturated rings. The number of methoxy groups -OCH3 is 1. The number of carbonyl (C=O) groups is 1. The molecule has 28 heavy (non-hydrogen) atoms. The number of benzene rings is 2. The van der Waals surface area contributed by atoms with E-state index in [9.17, 15) is 4.79 Å². The maximum atomic E-state index is 12.2. The molecule has 0 radical (unpaired) electrons. The molecule has 0 saturated heterocycles. The lowest BCUT2D eigenvalue weighted by Gasteiger charge is -2.07. The van der Waals surface area contributed by atoms with Crippen molar-refractivity contribution in [2.24, 2.45) is 0 Å². The summed E-state index contributed by atoms with van der Waals surface area (Å²) < 4.78 is 10.4. The number of anilines is 1. The molecule has 7 heteroatoms. The standard InChI is InChI=1S/C21H24N4O3/c1-3-22-14-15-5-4-6-17(13-15)23-19(26)11-12-20-24-21(25-28-20)16-7-9-18(27-2)10-8-16/h4-10,13,22H,3,11-12,14H2,1-2H3,(H,23,26). The molecule has 0 aliphatic carbocycles. The Balaban J connectivity index is 1.53. The van der Waals surface area contributed by atoms with Gasteiger partial charge >= 0.3 is 0 Å². The molecule has 0 bridgehead atoms. The third-order valence-electron chi connectivity index (χ3n) is 4.17. The predicted octanol–water partition coefficient (Wildman–Crippen LogP) is 3.43. The summed E-state index contributed by atoms with van der Waals surface area (Å²) in [6, 6.07) is 15.2. The molecule has 3 aromatic rings. The molecule has 2 N–H and O–H groups in total. The molecule has 1 heterocycles. The second-order valence-electron chi connectivity index (χ2n) is 6.27. The molecule has 0 unspecified atom stereocenters. The van der Waals surface area contributed by atoms with Crippen LogP contribution >= 0.6 is 0 Å². The van der Waals surface area contributed by atoms with Crippen molar-refractivity contribution in [3.8, 4) is 17.1 Å². The van der Waals surface area contributed by atoms with Crippen molar-refractivity contribution in [3.63, 3.8) is 0 Å². The molecule has 2 aromatic carbocycles. The first-order valence-corrected chi connectivity index (χ1v) is 9.24. The van der Waals surface area contributed by atoms with Crippen LogP contribution in [0.3, 0.4) is 0 Å². The summed E-state index contributed by atoms with van der Waals surface area (Å²) in [6.07, 6.45) is 0.647. The van der Waals surface area contributed by atoms with Crippen LogP contribution in [0, 0.1) is 0 Å². The van der Waals surface area contributed by atoms with Crippen LogP contribution in [-0.2, 0) is 17.8 Å². The van der Waals surface area contributed by atoms with Crippen LogP contribution in [0.4, 0.5) is 5.69 Å². The van der Waals surface area contributed by atoms with E-state index in [1.807, 2.05) is 48.5 Å². The molecular weight excluding hydrogens is 356 g/mol. The summed E-state index contributed by atoms with van der Waals surface area (Å²) in [6.45, 7) is 3.73. The van der Waals surface area contributed by atoms with Gasteiger partial charge in [-0.3, -0.25) is 4.79 Å². The Labute approximate surface area is 164 Å². The van der Waals surface area contributed by atoms with Gasteiger partial charge in [-0.15, -0.1) is 0 Å². The average Bonchev–Trinajstić information content (AvgIpc) is 3.20. The van der Waals surface area contributed by atoms with Crippen molar-refractivity contribution in [1.82, 2.24) is 15.5 Å². The van der Waals surface area contributed by atoms with E-state index in [4.69, 9.17) is 9.26 Å². The van der Waals surface area contributed by atoms with E-state index in [1.165, 1.54) is 0 Å². The first-order valence-electron chi connectivity index (χ1n) is 9.24. The molecule has 0 aliphatic heterocycles. The Morgan fingerprint density at radius 3 is 2.75 bits per heavy atom. The zero-order chi connectivity index (χ0) is 19.8. The minimum atomic E-state index is -0.0928. The number of aromatic nitrogens is 2. The van der Waals surface area contributed by atoms with Gasteiger partial charge in [0.05, 0.1) is 7.11 Å². The number of amides is 1. The van der Waals surface area contributed by atoms with Gasteiger partial charge in [-0.25, -0.2) is 0 Å². The summed E-state index contributed by atoms with van der Waals surface area (Å²) in [4.78, 5) is 16.6. The molecule has 1 aromatic heterocycles. The van der Waals surface area contributed by atoms with E-state index in [2.05, 4.69) is 27.7 Å². The predicted molar refractivity (Wildman–Crippen MR) is 107 cm³/mol. The molecule has 0 spiro atoms. The highest BCUT2D eigenvalue weighted by atomic mass is 16.5. The smallest absolute Gasteiger partial charge is 0.227 e. The largest absolute Gasteiger partial charge is 0.497 e. The zero-order valence-electron chi connectivity index (χ0n) is 16.1. The van der Waals surface area contributed by atoms with Gasteiger partial charge in [-0.05, 0) is 48.5 Å². The van der Waals surface area contributed by atoms with Gasteiger partial charge in [0.25, 0.3) is 0 Å². The zero-order valence-corrected chi connectivity index (χ0v) is 16.1. The minimum Gasteiger partial charge on any atom is -0.497 e. The number of ether oxygens (including phenoxy) is 1. The van der Waals surface area contributed by atoms with E-state index < -0.39 is 0 Å². The first-order chi connectivity index (χ1) is 13.7. The number of carbonyl (C=O) groups excluding carboxylic acids is 1. The lowest BCUT2D eigenvalue weighted by Crippen LogP contribution is -2.14. The summed E-state index contributed by atoms with van der Waals surface area (Å²) >= 11 is 0. The second kappa shape index (κ2) is 9.66. The summed E-state index contributed by atoms with van der Waals surface area (Å²) in [7, 11) is 1.62. The van der Waals surface area contributed by atoms with Crippen LogP contribution in [0.1, 0.15) is 24.8 Å². The molecule has 3 rings (SSSR count). The van der Waals surface area contributed by atoms with Gasteiger partial charge in [0.1, 0.15) is 5.75 Å². The monoisotopic (exact) mass is 380 g/mol. The summed E-state index contributed by atoms with van der Waals surface area (Å²) in [5, 5.41) is 10.2. The molecular formula is C21H24N4O3. The number of hydrogen-bond donors (Lipinski definition) is 2. The van der Waals surface area contributed by atoms with Crippen LogP contribution in [0.15, 0.2) is 53.1 Å². The molecule has 0 saturated carbocycles. The molecule has 0 aliphatic rings. The highest BCUT2D eigenvalue weighted by Crippen LogP contribution is 2.20. The van der Waals surface area contributed by atoms with Crippen molar-refractivity contribution >= 4 is 11.6 Å². The van der Waals surface area contributed by atoms with Gasteiger partial charge in [0.2, 0.25) is 17.6 Å². The van der Waals surface area contributed by atoms with Crippen LogP contribution in [0.25, 0.3) is 11.4 Å². The summed E-state index contributed by atoms with van der Waals surface area (Å²) in [5.74, 6) is 1.60. The molecule has 7 nitrogen and oxygen atoms in total. The van der Waals surface area contributed by atoms with E-state index in [0.717, 1.165) is 35.7 Å². The Bertz CT molecular complexity index is 906. The van der Waals surface area contributed by atoms with E-state index in [0.29, 0.717) is 18.1 Å². The van der Waals surface area contributed by atoms with E-state index >= 15 is 0 Å². The second-order valence-corrected chi connectivity index (χ2v) is 6.27. The Hall–Kier alpha value is -3.19. The van der Waals surface area contributed by atoms with Gasteiger partial charge in [0.15, 0.2) is 0 Å². The molecule has 1 amide bonds. The van der Waals surface area contributed by atoms with Crippen LogP contribution < -0.4 is 15.4 Å². The maximum absolute atomic E-state index is 12.2. The highest BCUT2D eigenvalue weighted by Gasteiger charge is 2.11. The topological polar surface area (TPSA) is 89.3 Å². The first kappa shape index (κ1) is 19.6. The van der Waals surface area contributed by atoms with Crippen molar-refractivity contribution in [2.75, 3.05) is 19.0 Å². The summed E-state index contributed by atoms with van der Waals surface area (Å²) in [5.41, 5.74) is 2.74. The van der Waals surface area contributed by atoms with E-state index in [-0.39, 0.29) is 12.3 Å². The number of aryl methyl sites for hydroxylation is 1. The third-order valence-corrected chi connectivity index (χ3v) is 4.17. The highest BCUT2D eigenvalue weighted by molar-refractivity contribution is 5.90. The fourth-order valence-corrected chi connectivity index (χ4v) is 2.69. The van der Waals surface area contributed by atoms with Crippen LogP contribution in [0.5, 0.6) is 5.75 Å². The molecule has 0 atom stereocenters. The van der Waals surface area contributed by atoms with Crippen LogP contribution in [0.2, 0.25) is 0 Å². The van der Waals surface area contributed by atoms with Gasteiger partial charge < -0.3 is 19.9 Å².